The predicted molar refractivity (Wildman–Crippen MR) is 82.7 cm³/mol. The topological polar surface area (TPSA) is 122 Å². The molecule has 9 nitrogen and oxygen atoms in total. The van der Waals surface area contributed by atoms with Crippen LogP contribution in [0.15, 0.2) is 0 Å². The average molecular weight is 347 g/mol. The predicted octanol–water partition coefficient (Wildman–Crippen LogP) is 1.64. The molecule has 24 heavy (non-hydrogen) atoms. The lowest BCUT2D eigenvalue weighted by Crippen LogP contribution is -2.42. The lowest BCUT2D eigenvalue weighted by atomic mass is 9.85. The van der Waals surface area contributed by atoms with E-state index in [-0.39, 0.29) is 45.5 Å². The van der Waals surface area contributed by atoms with Gasteiger partial charge in [0.1, 0.15) is 6.42 Å². The van der Waals surface area contributed by atoms with Gasteiger partial charge >= 0.3 is 17.9 Å². The number of nitrogens with zero attached hydrogens (tertiary/aromatic N) is 1. The number of ether oxygens (including phenoxy) is 3. The van der Waals surface area contributed by atoms with E-state index in [1.165, 1.54) is 0 Å². The molecule has 0 aliphatic rings. The summed E-state index contributed by atoms with van der Waals surface area (Å²) >= 11 is 0. The van der Waals surface area contributed by atoms with Crippen LogP contribution in [0, 0.1) is 10.1 Å². The maximum Gasteiger partial charge on any atom is 0.313 e. The summed E-state index contributed by atoms with van der Waals surface area (Å²) in [4.78, 5) is 45.7. The largest absolute Gasteiger partial charge is 0.466 e. The molecule has 0 unspecified atom stereocenters. The van der Waals surface area contributed by atoms with Gasteiger partial charge in [0.05, 0.1) is 32.7 Å². The molecule has 0 atom stereocenters. The molecule has 0 aliphatic heterocycles. The highest BCUT2D eigenvalue weighted by Crippen LogP contribution is 2.29. The number of esters is 3. The average Bonchev–Trinajstić information content (AvgIpc) is 2.50. The summed E-state index contributed by atoms with van der Waals surface area (Å²) in [6, 6.07) is 0. The second-order valence-electron chi connectivity index (χ2n) is 5.07. The molecule has 0 rings (SSSR count). The van der Waals surface area contributed by atoms with Crippen LogP contribution in [0.3, 0.4) is 0 Å². The first kappa shape index (κ1) is 21.8. The van der Waals surface area contributed by atoms with Gasteiger partial charge in [0.15, 0.2) is 0 Å². The molecular weight excluding hydrogens is 322 g/mol. The monoisotopic (exact) mass is 347 g/mol. The van der Waals surface area contributed by atoms with E-state index in [1.807, 2.05) is 0 Å². The minimum absolute atomic E-state index is 0.0857. The minimum Gasteiger partial charge on any atom is -0.466 e. The van der Waals surface area contributed by atoms with E-state index in [2.05, 4.69) is 0 Å². The van der Waals surface area contributed by atoms with Gasteiger partial charge in [-0.2, -0.15) is 0 Å². The van der Waals surface area contributed by atoms with Crippen molar-refractivity contribution in [3.8, 4) is 0 Å². The molecule has 138 valence electrons. The lowest BCUT2D eigenvalue weighted by molar-refractivity contribution is -0.571. The van der Waals surface area contributed by atoms with Crippen LogP contribution in [-0.2, 0) is 28.6 Å². The van der Waals surface area contributed by atoms with Gasteiger partial charge < -0.3 is 14.2 Å². The van der Waals surface area contributed by atoms with Crippen LogP contribution in [0.2, 0.25) is 0 Å². The Bertz CT molecular complexity index is 427. The first-order chi connectivity index (χ1) is 11.3. The van der Waals surface area contributed by atoms with Crippen LogP contribution < -0.4 is 0 Å². The molecule has 0 heterocycles. The van der Waals surface area contributed by atoms with Crippen molar-refractivity contribution in [3.63, 3.8) is 0 Å². The number of hydrogen-bond acceptors (Lipinski definition) is 8. The summed E-state index contributed by atoms with van der Waals surface area (Å²) < 4.78 is 14.3. The Morgan fingerprint density at radius 2 is 1.21 bits per heavy atom. The highest BCUT2D eigenvalue weighted by atomic mass is 16.6. The zero-order valence-corrected chi connectivity index (χ0v) is 14.4. The van der Waals surface area contributed by atoms with Gasteiger partial charge in [-0.1, -0.05) is 0 Å². The van der Waals surface area contributed by atoms with Crippen LogP contribution in [0.1, 0.15) is 52.9 Å². The third kappa shape index (κ3) is 7.89. The van der Waals surface area contributed by atoms with E-state index >= 15 is 0 Å². The maximum atomic E-state index is 11.7. The molecular formula is C15H25NO8. The van der Waals surface area contributed by atoms with Crippen LogP contribution in [-0.4, -0.2) is 48.2 Å². The van der Waals surface area contributed by atoms with E-state index in [1.54, 1.807) is 20.8 Å². The Morgan fingerprint density at radius 1 is 0.833 bits per heavy atom. The normalized spacial score (nSPS) is 10.8. The molecule has 0 radical (unpaired) electrons. The van der Waals surface area contributed by atoms with Crippen molar-refractivity contribution in [1.82, 2.24) is 0 Å². The molecule has 0 spiro atoms. The zero-order chi connectivity index (χ0) is 18.6. The quantitative estimate of drug-likeness (QED) is 0.226. The van der Waals surface area contributed by atoms with Crippen LogP contribution in [0.25, 0.3) is 0 Å². The summed E-state index contributed by atoms with van der Waals surface area (Å²) in [6.07, 6.45) is -1.42. The Balaban J connectivity index is 5.15. The van der Waals surface area contributed by atoms with Crippen LogP contribution in [0.4, 0.5) is 0 Å². The van der Waals surface area contributed by atoms with E-state index < -0.39 is 34.8 Å². The fraction of sp³-hybridized carbons (Fsp3) is 0.800. The van der Waals surface area contributed by atoms with Crippen LogP contribution in [0.5, 0.6) is 0 Å². The Hall–Kier alpha value is -2.19. The van der Waals surface area contributed by atoms with E-state index in [9.17, 15) is 24.5 Å². The smallest absolute Gasteiger partial charge is 0.313 e. The standard InChI is InChI=1S/C15H25NO8/c1-4-22-12(17)7-9-15(16(20)21,11-14(19)24-6-3)10-8-13(18)23-5-2/h4-11H2,1-3H3. The molecule has 0 fully saturated rings. The van der Waals surface area contributed by atoms with Crippen molar-refractivity contribution in [1.29, 1.82) is 0 Å². The Kier molecular flexibility index (Phi) is 10.3. The molecule has 0 saturated carbocycles. The zero-order valence-electron chi connectivity index (χ0n) is 14.4. The molecule has 0 aliphatic carbocycles. The Labute approximate surface area is 140 Å². The minimum atomic E-state index is -1.77. The van der Waals surface area contributed by atoms with Crippen LogP contribution >= 0.6 is 0 Å². The van der Waals surface area contributed by atoms with Crippen molar-refractivity contribution in [2.45, 2.75) is 58.4 Å². The van der Waals surface area contributed by atoms with Crippen molar-refractivity contribution in [3.05, 3.63) is 10.1 Å². The number of rotatable bonds is 12. The Morgan fingerprint density at radius 3 is 1.54 bits per heavy atom. The van der Waals surface area contributed by atoms with Crippen molar-refractivity contribution < 1.29 is 33.5 Å². The van der Waals surface area contributed by atoms with Crippen molar-refractivity contribution in [2.75, 3.05) is 19.8 Å². The second kappa shape index (κ2) is 11.4. The lowest BCUT2D eigenvalue weighted by Gasteiger charge is -2.24. The SMILES string of the molecule is CCOC(=O)CCC(CCC(=O)OCC)(CC(=O)OCC)[N+](=O)[O-]. The maximum absolute atomic E-state index is 11.7. The van der Waals surface area contributed by atoms with Crippen molar-refractivity contribution in [2.24, 2.45) is 0 Å². The summed E-state index contributed by atoms with van der Waals surface area (Å²) in [6.45, 7) is 5.23. The third-order valence-corrected chi connectivity index (χ3v) is 3.37. The molecule has 9 heteroatoms. The second-order valence-corrected chi connectivity index (χ2v) is 5.07. The van der Waals surface area contributed by atoms with Gasteiger partial charge in [-0.3, -0.25) is 24.5 Å². The summed E-state index contributed by atoms with van der Waals surface area (Å²) in [5, 5.41) is 11.6. The van der Waals surface area contributed by atoms with Gasteiger partial charge in [0.25, 0.3) is 0 Å². The van der Waals surface area contributed by atoms with E-state index in [0.29, 0.717) is 0 Å². The number of hydrogen-bond donors (Lipinski definition) is 0. The number of nitro groups is 1. The molecule has 0 saturated heterocycles. The molecule has 0 amide bonds. The third-order valence-electron chi connectivity index (χ3n) is 3.37. The van der Waals surface area contributed by atoms with E-state index in [4.69, 9.17) is 14.2 Å². The van der Waals surface area contributed by atoms with Gasteiger partial charge in [0.2, 0.25) is 5.54 Å². The van der Waals surface area contributed by atoms with Gasteiger partial charge in [0, 0.05) is 17.8 Å². The molecule has 0 bridgehead atoms. The van der Waals surface area contributed by atoms with Gasteiger partial charge in [-0.25, -0.2) is 0 Å². The van der Waals surface area contributed by atoms with Crippen molar-refractivity contribution >= 4 is 17.9 Å². The highest BCUT2D eigenvalue weighted by Gasteiger charge is 2.46. The summed E-state index contributed by atoms with van der Waals surface area (Å²) in [7, 11) is 0. The van der Waals surface area contributed by atoms with E-state index in [0.717, 1.165) is 0 Å². The highest BCUT2D eigenvalue weighted by molar-refractivity contribution is 5.73. The molecule has 0 aromatic rings. The first-order valence-electron chi connectivity index (χ1n) is 7.92. The number of carbonyl (C=O) groups excluding carboxylic acids is 3. The molecule has 0 N–H and O–H groups in total. The first-order valence-corrected chi connectivity index (χ1v) is 7.92. The summed E-state index contributed by atoms with van der Waals surface area (Å²) in [5.41, 5.74) is -1.77. The fourth-order valence-corrected chi connectivity index (χ4v) is 2.17. The molecule has 0 aromatic carbocycles. The van der Waals surface area contributed by atoms with Gasteiger partial charge in [-0.15, -0.1) is 0 Å². The fourth-order valence-electron chi connectivity index (χ4n) is 2.17. The summed E-state index contributed by atoms with van der Waals surface area (Å²) in [5.74, 6) is -1.94. The molecule has 0 aromatic heterocycles. The van der Waals surface area contributed by atoms with Gasteiger partial charge in [-0.05, 0) is 20.8 Å². The number of carbonyl (C=O) groups is 3.